The lowest BCUT2D eigenvalue weighted by Crippen LogP contribution is -2.47. The molecule has 0 radical (unpaired) electrons. The first-order chi connectivity index (χ1) is 12.2. The summed E-state index contributed by atoms with van der Waals surface area (Å²) in [4.78, 5) is 20.8. The van der Waals surface area contributed by atoms with Gasteiger partial charge in [0, 0.05) is 38.4 Å². The highest BCUT2D eigenvalue weighted by molar-refractivity contribution is 5.79. The van der Waals surface area contributed by atoms with Crippen LogP contribution in [0.2, 0.25) is 0 Å². The van der Waals surface area contributed by atoms with Crippen molar-refractivity contribution in [3.8, 4) is 0 Å². The summed E-state index contributed by atoms with van der Waals surface area (Å²) in [6.45, 7) is 7.78. The van der Waals surface area contributed by atoms with Gasteiger partial charge in [0.2, 0.25) is 5.91 Å². The molecule has 7 heteroatoms. The van der Waals surface area contributed by atoms with Crippen LogP contribution >= 0.6 is 0 Å². The largest absolute Gasteiger partial charge is 0.369 e. The molecule has 1 unspecified atom stereocenters. The van der Waals surface area contributed by atoms with Gasteiger partial charge in [-0.25, -0.2) is 9.67 Å². The van der Waals surface area contributed by atoms with Crippen LogP contribution in [0.1, 0.15) is 19.4 Å². The van der Waals surface area contributed by atoms with Crippen molar-refractivity contribution >= 4 is 11.6 Å². The second kappa shape index (κ2) is 8.62. The Kier molecular flexibility index (Phi) is 6.00. The van der Waals surface area contributed by atoms with Crippen LogP contribution in [-0.2, 0) is 4.79 Å². The van der Waals surface area contributed by atoms with Crippen molar-refractivity contribution < 1.29 is 4.79 Å². The maximum atomic E-state index is 12.1. The third kappa shape index (κ3) is 4.79. The van der Waals surface area contributed by atoms with Crippen LogP contribution in [0.25, 0.3) is 0 Å². The van der Waals surface area contributed by atoms with Gasteiger partial charge in [0.05, 0.1) is 0 Å². The quantitative estimate of drug-likeness (QED) is 0.765. The van der Waals surface area contributed by atoms with Gasteiger partial charge in [-0.1, -0.05) is 18.2 Å². The van der Waals surface area contributed by atoms with E-state index < -0.39 is 0 Å². The highest BCUT2D eigenvalue weighted by atomic mass is 16.2. The summed E-state index contributed by atoms with van der Waals surface area (Å²) in [5, 5.41) is 6.98. The van der Waals surface area contributed by atoms with Gasteiger partial charge in [0.25, 0.3) is 0 Å². The monoisotopic (exact) mass is 342 g/mol. The number of anilines is 1. The second-order valence-corrected chi connectivity index (χ2v) is 6.36. The predicted molar refractivity (Wildman–Crippen MR) is 97.5 cm³/mol. The molecule has 2 aromatic rings. The fraction of sp³-hybridized carbons (Fsp3) is 0.500. The molecule has 0 bridgehead atoms. The van der Waals surface area contributed by atoms with Crippen molar-refractivity contribution in [3.05, 3.63) is 43.0 Å². The molecule has 1 amide bonds. The van der Waals surface area contributed by atoms with E-state index in [1.165, 1.54) is 12.0 Å². The number of rotatable bonds is 7. The minimum Gasteiger partial charge on any atom is -0.369 e. The maximum absolute atomic E-state index is 12.1. The SMILES string of the molecule is CC(C(=O)NCCCN1CCN(c2ccccc2)CC1)n1cncn1. The fourth-order valence-electron chi connectivity index (χ4n) is 3.07. The Morgan fingerprint density at radius 1 is 1.20 bits per heavy atom. The molecule has 0 spiro atoms. The molecule has 1 fully saturated rings. The molecular formula is C18H26N6O. The summed E-state index contributed by atoms with van der Waals surface area (Å²) < 4.78 is 1.57. The van der Waals surface area contributed by atoms with Crippen molar-refractivity contribution in [2.24, 2.45) is 0 Å². The van der Waals surface area contributed by atoms with Gasteiger partial charge >= 0.3 is 0 Å². The van der Waals surface area contributed by atoms with Crippen LogP contribution in [-0.4, -0.2) is 64.8 Å². The van der Waals surface area contributed by atoms with E-state index in [-0.39, 0.29) is 11.9 Å². The number of piperazine rings is 1. The van der Waals surface area contributed by atoms with E-state index in [2.05, 4.69) is 55.5 Å². The minimum absolute atomic E-state index is 0.0144. The molecule has 1 aliphatic heterocycles. The van der Waals surface area contributed by atoms with E-state index in [4.69, 9.17) is 0 Å². The van der Waals surface area contributed by atoms with Gasteiger partial charge in [-0.15, -0.1) is 0 Å². The molecule has 3 rings (SSSR count). The van der Waals surface area contributed by atoms with Gasteiger partial charge in [-0.2, -0.15) is 5.10 Å². The van der Waals surface area contributed by atoms with E-state index >= 15 is 0 Å². The van der Waals surface area contributed by atoms with E-state index in [9.17, 15) is 4.79 Å². The van der Waals surface area contributed by atoms with Crippen LogP contribution in [0, 0.1) is 0 Å². The molecule has 1 aromatic heterocycles. The Hall–Kier alpha value is -2.41. The molecule has 0 saturated carbocycles. The van der Waals surface area contributed by atoms with Crippen molar-refractivity contribution in [1.29, 1.82) is 0 Å². The summed E-state index contributed by atoms with van der Waals surface area (Å²) in [5.74, 6) is -0.0144. The Morgan fingerprint density at radius 3 is 2.64 bits per heavy atom. The molecule has 1 atom stereocenters. The van der Waals surface area contributed by atoms with Crippen LogP contribution in [0.3, 0.4) is 0 Å². The first-order valence-corrected chi connectivity index (χ1v) is 8.88. The first-order valence-electron chi connectivity index (χ1n) is 8.88. The van der Waals surface area contributed by atoms with E-state index in [1.807, 2.05) is 6.92 Å². The number of nitrogens with one attached hydrogen (secondary N) is 1. The molecule has 2 heterocycles. The molecule has 7 nitrogen and oxygen atoms in total. The fourth-order valence-corrected chi connectivity index (χ4v) is 3.07. The Morgan fingerprint density at radius 2 is 1.96 bits per heavy atom. The predicted octanol–water partition coefficient (Wildman–Crippen LogP) is 1.17. The topological polar surface area (TPSA) is 66.3 Å². The third-order valence-electron chi connectivity index (χ3n) is 4.66. The van der Waals surface area contributed by atoms with Gasteiger partial charge in [0.15, 0.2) is 0 Å². The second-order valence-electron chi connectivity index (χ2n) is 6.36. The van der Waals surface area contributed by atoms with Crippen molar-refractivity contribution in [2.45, 2.75) is 19.4 Å². The zero-order chi connectivity index (χ0) is 17.5. The van der Waals surface area contributed by atoms with E-state index in [0.717, 1.165) is 39.1 Å². The average Bonchev–Trinajstić information content (AvgIpc) is 3.20. The minimum atomic E-state index is -0.322. The lowest BCUT2D eigenvalue weighted by molar-refractivity contribution is -0.124. The summed E-state index contributed by atoms with van der Waals surface area (Å²) in [7, 11) is 0. The van der Waals surface area contributed by atoms with Crippen molar-refractivity contribution in [1.82, 2.24) is 25.0 Å². The van der Waals surface area contributed by atoms with Gasteiger partial charge in [-0.3, -0.25) is 9.69 Å². The Bertz CT molecular complexity index is 637. The lowest BCUT2D eigenvalue weighted by Gasteiger charge is -2.36. The molecule has 0 aliphatic carbocycles. The normalized spacial score (nSPS) is 16.6. The summed E-state index contributed by atoms with van der Waals surface area (Å²) in [6.07, 6.45) is 3.97. The number of carbonyl (C=O) groups is 1. The zero-order valence-corrected chi connectivity index (χ0v) is 14.7. The number of amides is 1. The molecule has 1 N–H and O–H groups in total. The average molecular weight is 342 g/mol. The number of benzene rings is 1. The van der Waals surface area contributed by atoms with Gasteiger partial charge in [0.1, 0.15) is 18.7 Å². The number of para-hydroxylation sites is 1. The van der Waals surface area contributed by atoms with Crippen molar-refractivity contribution in [2.75, 3.05) is 44.2 Å². The van der Waals surface area contributed by atoms with Crippen LogP contribution < -0.4 is 10.2 Å². The highest BCUT2D eigenvalue weighted by Crippen LogP contribution is 2.15. The van der Waals surface area contributed by atoms with Crippen LogP contribution in [0.15, 0.2) is 43.0 Å². The summed E-state index contributed by atoms with van der Waals surface area (Å²) in [5.41, 5.74) is 1.30. The number of carbonyl (C=O) groups excluding carboxylic acids is 1. The number of hydrogen-bond donors (Lipinski definition) is 1. The molecule has 1 aromatic carbocycles. The molecule has 134 valence electrons. The smallest absolute Gasteiger partial charge is 0.244 e. The zero-order valence-electron chi connectivity index (χ0n) is 14.7. The lowest BCUT2D eigenvalue weighted by atomic mass is 10.2. The highest BCUT2D eigenvalue weighted by Gasteiger charge is 2.17. The number of nitrogens with zero attached hydrogens (tertiary/aromatic N) is 5. The first kappa shape index (κ1) is 17.4. The third-order valence-corrected chi connectivity index (χ3v) is 4.66. The summed E-state index contributed by atoms with van der Waals surface area (Å²) in [6, 6.07) is 10.2. The van der Waals surface area contributed by atoms with Gasteiger partial charge in [-0.05, 0) is 32.0 Å². The molecule has 1 aliphatic rings. The molecular weight excluding hydrogens is 316 g/mol. The number of hydrogen-bond acceptors (Lipinski definition) is 5. The van der Waals surface area contributed by atoms with Crippen LogP contribution in [0.5, 0.6) is 0 Å². The van der Waals surface area contributed by atoms with Gasteiger partial charge < -0.3 is 10.2 Å². The molecule has 25 heavy (non-hydrogen) atoms. The Balaban J connectivity index is 1.32. The van der Waals surface area contributed by atoms with Crippen molar-refractivity contribution in [3.63, 3.8) is 0 Å². The number of aromatic nitrogens is 3. The van der Waals surface area contributed by atoms with E-state index in [0.29, 0.717) is 6.54 Å². The standard InChI is InChI=1S/C18H26N6O/c1-16(24-15-19-14-21-24)18(25)20-8-5-9-22-10-12-23(13-11-22)17-6-3-2-4-7-17/h2-4,6-7,14-16H,5,8-13H2,1H3,(H,20,25). The maximum Gasteiger partial charge on any atom is 0.244 e. The van der Waals surface area contributed by atoms with Crippen LogP contribution in [0.4, 0.5) is 5.69 Å². The summed E-state index contributed by atoms with van der Waals surface area (Å²) >= 11 is 0. The van der Waals surface area contributed by atoms with E-state index in [1.54, 1.807) is 11.0 Å². The Labute approximate surface area is 148 Å². The molecule has 1 saturated heterocycles.